The summed E-state index contributed by atoms with van der Waals surface area (Å²) in [5.41, 5.74) is 2.51. The summed E-state index contributed by atoms with van der Waals surface area (Å²) in [5, 5.41) is 5.83. The Kier molecular flexibility index (Phi) is 4.31. The van der Waals surface area contributed by atoms with Gasteiger partial charge >= 0.3 is 0 Å². The summed E-state index contributed by atoms with van der Waals surface area (Å²) in [6, 6.07) is 15.2. The van der Waals surface area contributed by atoms with Crippen molar-refractivity contribution in [2.45, 2.75) is 0 Å². The van der Waals surface area contributed by atoms with Gasteiger partial charge in [0.15, 0.2) is 0 Å². The van der Waals surface area contributed by atoms with Crippen LogP contribution in [-0.2, 0) is 0 Å². The highest BCUT2D eigenvalue weighted by Crippen LogP contribution is 2.23. The Labute approximate surface area is 140 Å². The number of nitrogens with zero attached hydrogens (tertiary/aromatic N) is 1. The molecule has 1 amide bonds. The molecule has 1 aromatic heterocycles. The van der Waals surface area contributed by atoms with Crippen molar-refractivity contribution >= 4 is 45.5 Å². The normalized spacial score (nSPS) is 10.3. The first-order valence-electron chi connectivity index (χ1n) is 6.30. The maximum Gasteiger partial charge on any atom is 0.256 e. The van der Waals surface area contributed by atoms with Crippen LogP contribution in [-0.4, -0.2) is 10.9 Å². The monoisotopic (exact) mass is 406 g/mol. The van der Waals surface area contributed by atoms with Gasteiger partial charge in [0.25, 0.3) is 5.91 Å². The molecule has 104 valence electrons. The molecule has 3 aromatic rings. The van der Waals surface area contributed by atoms with E-state index in [0.29, 0.717) is 5.56 Å². The molecule has 3 rings (SSSR count). The molecule has 0 saturated carbocycles. The van der Waals surface area contributed by atoms with Gasteiger partial charge in [0.1, 0.15) is 5.01 Å². The number of nitrogens with one attached hydrogen (secondary N) is 1. The van der Waals surface area contributed by atoms with E-state index in [1.165, 1.54) is 0 Å². The highest BCUT2D eigenvalue weighted by atomic mass is 127. The molecule has 0 radical (unpaired) electrons. The third-order valence-electron chi connectivity index (χ3n) is 2.94. The number of anilines is 1. The van der Waals surface area contributed by atoms with Crippen molar-refractivity contribution in [3.05, 3.63) is 69.2 Å². The van der Waals surface area contributed by atoms with Crippen LogP contribution < -0.4 is 5.32 Å². The van der Waals surface area contributed by atoms with E-state index in [-0.39, 0.29) is 5.91 Å². The molecule has 3 nitrogen and oxygen atoms in total. The summed E-state index contributed by atoms with van der Waals surface area (Å²) in [7, 11) is 0. The second-order valence-electron chi connectivity index (χ2n) is 4.35. The van der Waals surface area contributed by atoms with Crippen molar-refractivity contribution in [1.29, 1.82) is 0 Å². The van der Waals surface area contributed by atoms with E-state index >= 15 is 0 Å². The molecule has 0 saturated heterocycles. The van der Waals surface area contributed by atoms with Crippen molar-refractivity contribution in [1.82, 2.24) is 4.98 Å². The predicted molar refractivity (Wildman–Crippen MR) is 94.7 cm³/mol. The first-order valence-corrected chi connectivity index (χ1v) is 8.26. The van der Waals surface area contributed by atoms with E-state index in [0.717, 1.165) is 19.8 Å². The van der Waals surface area contributed by atoms with Gasteiger partial charge in [-0.05, 0) is 59.0 Å². The zero-order valence-electron chi connectivity index (χ0n) is 10.9. The minimum absolute atomic E-state index is 0.0954. The molecule has 5 heteroatoms. The molecular weight excluding hydrogens is 395 g/mol. The number of rotatable bonds is 3. The molecule has 0 unspecified atom stereocenters. The lowest BCUT2D eigenvalue weighted by Gasteiger charge is -2.07. The van der Waals surface area contributed by atoms with Crippen LogP contribution in [0.25, 0.3) is 10.6 Å². The van der Waals surface area contributed by atoms with Crippen molar-refractivity contribution in [2.75, 3.05) is 5.32 Å². The fourth-order valence-electron chi connectivity index (χ4n) is 1.91. The summed E-state index contributed by atoms with van der Waals surface area (Å²) in [4.78, 5) is 16.5. The number of carbonyl (C=O) groups is 1. The van der Waals surface area contributed by atoms with Crippen molar-refractivity contribution in [3.63, 3.8) is 0 Å². The van der Waals surface area contributed by atoms with Crippen LogP contribution in [0.4, 0.5) is 5.69 Å². The highest BCUT2D eigenvalue weighted by molar-refractivity contribution is 14.1. The van der Waals surface area contributed by atoms with E-state index in [9.17, 15) is 4.79 Å². The average molecular weight is 406 g/mol. The molecule has 21 heavy (non-hydrogen) atoms. The second-order valence-corrected chi connectivity index (χ2v) is 6.41. The summed E-state index contributed by atoms with van der Waals surface area (Å²) < 4.78 is 0.937. The number of hydrogen-bond acceptors (Lipinski definition) is 3. The summed E-state index contributed by atoms with van der Waals surface area (Å²) in [5.74, 6) is -0.0954. The smallest absolute Gasteiger partial charge is 0.256 e. The van der Waals surface area contributed by atoms with Crippen molar-refractivity contribution < 1.29 is 4.79 Å². The molecule has 0 aliphatic heterocycles. The zero-order valence-corrected chi connectivity index (χ0v) is 13.9. The van der Waals surface area contributed by atoms with Gasteiger partial charge in [-0.2, -0.15) is 0 Å². The van der Waals surface area contributed by atoms with Gasteiger partial charge in [-0.25, -0.2) is 4.98 Å². The van der Waals surface area contributed by atoms with E-state index in [1.807, 2.05) is 53.9 Å². The SMILES string of the molecule is O=C(Nc1ccc(-c2nccs2)cc1)c1ccccc1I. The van der Waals surface area contributed by atoms with Gasteiger partial charge in [-0.1, -0.05) is 12.1 Å². The van der Waals surface area contributed by atoms with E-state index in [1.54, 1.807) is 17.5 Å². The Balaban J connectivity index is 1.77. The van der Waals surface area contributed by atoms with Gasteiger partial charge < -0.3 is 5.32 Å². The third-order valence-corrected chi connectivity index (χ3v) is 4.70. The molecular formula is C16H11IN2OS. The molecule has 0 bridgehead atoms. The minimum atomic E-state index is -0.0954. The average Bonchev–Trinajstić information content (AvgIpc) is 3.02. The summed E-state index contributed by atoms with van der Waals surface area (Å²) in [6.07, 6.45) is 1.78. The fraction of sp³-hybridized carbons (Fsp3) is 0. The lowest BCUT2D eigenvalue weighted by atomic mass is 10.2. The van der Waals surface area contributed by atoms with Crippen LogP contribution in [0.5, 0.6) is 0 Å². The number of carbonyl (C=O) groups excluding carboxylic acids is 1. The van der Waals surface area contributed by atoms with Crippen LogP contribution in [0.2, 0.25) is 0 Å². The zero-order chi connectivity index (χ0) is 14.7. The molecule has 1 heterocycles. The Hall–Kier alpha value is -1.73. The van der Waals surface area contributed by atoms with Crippen LogP contribution in [0.1, 0.15) is 10.4 Å². The van der Waals surface area contributed by atoms with Crippen molar-refractivity contribution in [2.24, 2.45) is 0 Å². The topological polar surface area (TPSA) is 42.0 Å². The van der Waals surface area contributed by atoms with Crippen LogP contribution in [0, 0.1) is 3.57 Å². The Morgan fingerprint density at radius 2 is 1.86 bits per heavy atom. The largest absolute Gasteiger partial charge is 0.322 e. The molecule has 0 atom stereocenters. The van der Waals surface area contributed by atoms with E-state index < -0.39 is 0 Å². The number of hydrogen-bond donors (Lipinski definition) is 1. The maximum atomic E-state index is 12.2. The Morgan fingerprint density at radius 3 is 2.52 bits per heavy atom. The van der Waals surface area contributed by atoms with Gasteiger partial charge in [-0.15, -0.1) is 11.3 Å². The maximum absolute atomic E-state index is 12.2. The van der Waals surface area contributed by atoms with Gasteiger partial charge in [0.05, 0.1) is 5.56 Å². The highest BCUT2D eigenvalue weighted by Gasteiger charge is 2.09. The van der Waals surface area contributed by atoms with E-state index in [2.05, 4.69) is 32.9 Å². The van der Waals surface area contributed by atoms with Crippen LogP contribution in [0.15, 0.2) is 60.1 Å². The third kappa shape index (κ3) is 3.30. The lowest BCUT2D eigenvalue weighted by molar-refractivity contribution is 0.102. The number of halogens is 1. The van der Waals surface area contributed by atoms with Crippen molar-refractivity contribution in [3.8, 4) is 10.6 Å². The first-order chi connectivity index (χ1) is 10.2. The number of amides is 1. The van der Waals surface area contributed by atoms with Gasteiger partial charge in [0, 0.05) is 26.4 Å². The molecule has 0 aliphatic rings. The molecule has 1 N–H and O–H groups in total. The van der Waals surface area contributed by atoms with Crippen LogP contribution >= 0.6 is 33.9 Å². The fourth-order valence-corrected chi connectivity index (χ4v) is 3.18. The number of thiazole rings is 1. The Morgan fingerprint density at radius 1 is 1.10 bits per heavy atom. The summed E-state index contributed by atoms with van der Waals surface area (Å²) >= 11 is 3.76. The van der Waals surface area contributed by atoms with Gasteiger partial charge in [-0.3, -0.25) is 4.79 Å². The number of benzene rings is 2. The molecule has 0 aliphatic carbocycles. The standard InChI is InChI=1S/C16H11IN2OS/c17-14-4-2-1-3-13(14)15(20)19-12-7-5-11(6-8-12)16-18-9-10-21-16/h1-10H,(H,19,20). The quantitative estimate of drug-likeness (QED) is 0.643. The van der Waals surface area contributed by atoms with Gasteiger partial charge in [0.2, 0.25) is 0 Å². The van der Waals surface area contributed by atoms with E-state index in [4.69, 9.17) is 0 Å². The number of aromatic nitrogens is 1. The summed E-state index contributed by atoms with van der Waals surface area (Å²) in [6.45, 7) is 0. The molecule has 0 fully saturated rings. The lowest BCUT2D eigenvalue weighted by Crippen LogP contribution is -2.13. The first kappa shape index (κ1) is 14.2. The Bertz CT molecular complexity index is 754. The molecule has 0 spiro atoms. The molecule has 2 aromatic carbocycles. The second kappa shape index (κ2) is 6.36. The minimum Gasteiger partial charge on any atom is -0.322 e. The predicted octanol–water partition coefficient (Wildman–Crippen LogP) is 4.67. The van der Waals surface area contributed by atoms with Crippen LogP contribution in [0.3, 0.4) is 0 Å².